The second-order valence-electron chi connectivity index (χ2n) is 1.72. The van der Waals surface area contributed by atoms with E-state index >= 15 is 0 Å². The Hall–Kier alpha value is -0.0900. The maximum Gasteiger partial charge on any atom is 0.142 e. The number of rotatable bonds is 0. The van der Waals surface area contributed by atoms with E-state index in [1.807, 2.05) is 0 Å². The molecule has 0 fully saturated rings. The molecule has 0 spiro atoms. The van der Waals surface area contributed by atoms with Gasteiger partial charge >= 0.3 is 0 Å². The van der Waals surface area contributed by atoms with Crippen molar-refractivity contribution < 1.29 is 9.50 Å². The largest absolute Gasteiger partial charge is 0.508 e. The molecule has 1 aromatic carbocycles. The predicted molar refractivity (Wildman–Crippen MR) is 43.5 cm³/mol. The van der Waals surface area contributed by atoms with Crippen LogP contribution in [0, 0.1) is 5.82 Å². The van der Waals surface area contributed by atoms with Crippen molar-refractivity contribution in [3.8, 4) is 5.75 Å². The third-order valence-electron chi connectivity index (χ3n) is 0.969. The van der Waals surface area contributed by atoms with Crippen LogP contribution in [0.15, 0.2) is 21.1 Å². The van der Waals surface area contributed by atoms with E-state index in [1.54, 1.807) is 0 Å². The highest BCUT2D eigenvalue weighted by molar-refractivity contribution is 9.13. The van der Waals surface area contributed by atoms with E-state index in [1.165, 1.54) is 6.07 Å². The highest BCUT2D eigenvalue weighted by atomic mass is 79.9. The van der Waals surface area contributed by atoms with Gasteiger partial charge in [-0.1, -0.05) is 0 Å². The lowest BCUT2D eigenvalue weighted by molar-refractivity contribution is 0.468. The number of phenols is 1. The molecule has 0 heterocycles. The molecule has 10 heavy (non-hydrogen) atoms. The maximum atomic E-state index is 12.6. The minimum Gasteiger partial charge on any atom is -0.508 e. The summed E-state index contributed by atoms with van der Waals surface area (Å²) < 4.78 is 13.4. The van der Waals surface area contributed by atoms with E-state index in [0.29, 0.717) is 8.95 Å². The number of aromatic hydroxyl groups is 1. The molecule has 0 bridgehead atoms. The monoisotopic (exact) mass is 268 g/mol. The van der Waals surface area contributed by atoms with Gasteiger partial charge in [0.15, 0.2) is 0 Å². The third kappa shape index (κ3) is 1.49. The van der Waals surface area contributed by atoms with Crippen molar-refractivity contribution >= 4 is 31.9 Å². The summed E-state index contributed by atoms with van der Waals surface area (Å²) in [5.74, 6) is -0.570. The molecular weight excluding hydrogens is 267 g/mol. The van der Waals surface area contributed by atoms with Gasteiger partial charge in [0.05, 0.1) is 4.47 Å². The molecule has 1 rings (SSSR count). The highest BCUT2D eigenvalue weighted by Gasteiger charge is 2.04. The summed E-state index contributed by atoms with van der Waals surface area (Å²) in [4.78, 5) is 0. The first-order valence-electron chi connectivity index (χ1n) is 2.45. The van der Waals surface area contributed by atoms with Gasteiger partial charge in [-0.15, -0.1) is 0 Å². The number of hydrogen-bond acceptors (Lipinski definition) is 1. The van der Waals surface area contributed by atoms with E-state index in [9.17, 15) is 4.39 Å². The fourth-order valence-corrected chi connectivity index (χ4v) is 1.19. The summed E-state index contributed by atoms with van der Waals surface area (Å²) in [5.41, 5.74) is 0. The van der Waals surface area contributed by atoms with E-state index in [0.717, 1.165) is 6.07 Å². The fourth-order valence-electron chi connectivity index (χ4n) is 0.542. The second-order valence-corrected chi connectivity index (χ2v) is 3.37. The van der Waals surface area contributed by atoms with Crippen molar-refractivity contribution in [1.29, 1.82) is 0 Å². The van der Waals surface area contributed by atoms with E-state index in [-0.39, 0.29) is 5.75 Å². The molecule has 0 aliphatic carbocycles. The Labute approximate surface area is 74.1 Å². The highest BCUT2D eigenvalue weighted by Crippen LogP contribution is 2.29. The van der Waals surface area contributed by atoms with Gasteiger partial charge in [0, 0.05) is 10.5 Å². The van der Waals surface area contributed by atoms with Crippen molar-refractivity contribution in [2.24, 2.45) is 0 Å². The predicted octanol–water partition coefficient (Wildman–Crippen LogP) is 3.06. The third-order valence-corrected chi connectivity index (χ3v) is 2.93. The lowest BCUT2D eigenvalue weighted by Gasteiger charge is -1.97. The molecule has 0 saturated carbocycles. The first-order valence-corrected chi connectivity index (χ1v) is 4.03. The Morgan fingerprint density at radius 3 is 2.40 bits per heavy atom. The van der Waals surface area contributed by atoms with Gasteiger partial charge in [0.2, 0.25) is 0 Å². The lowest BCUT2D eigenvalue weighted by atomic mass is 10.3. The minimum atomic E-state index is -0.480. The zero-order chi connectivity index (χ0) is 7.72. The van der Waals surface area contributed by atoms with Crippen molar-refractivity contribution in [3.63, 3.8) is 0 Å². The standard InChI is InChI=1S/C6H3Br2FO/c7-4-1-3(10)2-5(9)6(4)8/h1-2,10H. The first-order chi connectivity index (χ1) is 4.61. The summed E-state index contributed by atoms with van der Waals surface area (Å²) >= 11 is 6.03. The summed E-state index contributed by atoms with van der Waals surface area (Å²) in [6.45, 7) is 0. The number of benzene rings is 1. The topological polar surface area (TPSA) is 20.2 Å². The Morgan fingerprint density at radius 1 is 1.30 bits per heavy atom. The SMILES string of the molecule is Oc1cc(F)c(Br)c(Br)c1. The van der Waals surface area contributed by atoms with Crippen LogP contribution < -0.4 is 0 Å². The van der Waals surface area contributed by atoms with Gasteiger partial charge in [-0.3, -0.25) is 0 Å². The Bertz CT molecular complexity index is 239. The molecule has 0 aliphatic heterocycles. The maximum absolute atomic E-state index is 12.6. The molecule has 0 saturated heterocycles. The lowest BCUT2D eigenvalue weighted by Crippen LogP contribution is -1.77. The molecular formula is C6H3Br2FO. The van der Waals surface area contributed by atoms with Crippen molar-refractivity contribution in [2.45, 2.75) is 0 Å². The van der Waals surface area contributed by atoms with Crippen LogP contribution in [0.1, 0.15) is 0 Å². The van der Waals surface area contributed by atoms with Gasteiger partial charge < -0.3 is 5.11 Å². The molecule has 0 unspecified atom stereocenters. The van der Waals surface area contributed by atoms with Gasteiger partial charge in [0.1, 0.15) is 11.6 Å². The molecule has 0 radical (unpaired) electrons. The molecule has 54 valence electrons. The average molecular weight is 270 g/mol. The Morgan fingerprint density at radius 2 is 1.90 bits per heavy atom. The summed E-state index contributed by atoms with van der Waals surface area (Å²) in [6, 6.07) is 2.45. The van der Waals surface area contributed by atoms with Crippen molar-refractivity contribution in [2.75, 3.05) is 0 Å². The van der Waals surface area contributed by atoms with Gasteiger partial charge in [0.25, 0.3) is 0 Å². The zero-order valence-corrected chi connectivity index (χ0v) is 7.91. The van der Waals surface area contributed by atoms with Crippen LogP contribution in [0.2, 0.25) is 0 Å². The number of halogens is 3. The van der Waals surface area contributed by atoms with Gasteiger partial charge in [-0.25, -0.2) is 4.39 Å². The van der Waals surface area contributed by atoms with E-state index in [2.05, 4.69) is 31.9 Å². The van der Waals surface area contributed by atoms with Crippen LogP contribution in [0.5, 0.6) is 5.75 Å². The van der Waals surface area contributed by atoms with Crippen LogP contribution in [-0.4, -0.2) is 5.11 Å². The molecule has 1 N–H and O–H groups in total. The quantitative estimate of drug-likeness (QED) is 0.718. The molecule has 4 heteroatoms. The molecule has 0 aliphatic rings. The van der Waals surface area contributed by atoms with E-state index < -0.39 is 5.82 Å². The van der Waals surface area contributed by atoms with Crippen LogP contribution >= 0.6 is 31.9 Å². The molecule has 0 atom stereocenters. The van der Waals surface area contributed by atoms with Crippen molar-refractivity contribution in [1.82, 2.24) is 0 Å². The minimum absolute atomic E-state index is 0.0902. The van der Waals surface area contributed by atoms with Crippen LogP contribution in [-0.2, 0) is 0 Å². The molecule has 1 nitrogen and oxygen atoms in total. The van der Waals surface area contributed by atoms with Crippen LogP contribution in [0.25, 0.3) is 0 Å². The zero-order valence-electron chi connectivity index (χ0n) is 4.74. The Kier molecular flexibility index (Phi) is 2.31. The Balaban J connectivity index is 3.31. The average Bonchev–Trinajstić information content (AvgIpc) is 1.82. The summed E-state index contributed by atoms with van der Waals surface area (Å²) in [6.07, 6.45) is 0. The molecule has 1 aromatic rings. The van der Waals surface area contributed by atoms with Crippen molar-refractivity contribution in [3.05, 3.63) is 26.9 Å². The van der Waals surface area contributed by atoms with Crippen LogP contribution in [0.3, 0.4) is 0 Å². The summed E-state index contributed by atoms with van der Waals surface area (Å²) in [5, 5.41) is 8.83. The summed E-state index contributed by atoms with van der Waals surface area (Å²) in [7, 11) is 0. The normalized spacial score (nSPS) is 9.90. The number of phenolic OH excluding ortho intramolecular Hbond substituents is 1. The van der Waals surface area contributed by atoms with Gasteiger partial charge in [-0.05, 0) is 37.9 Å². The smallest absolute Gasteiger partial charge is 0.142 e. The van der Waals surface area contributed by atoms with Gasteiger partial charge in [-0.2, -0.15) is 0 Å². The van der Waals surface area contributed by atoms with Crippen LogP contribution in [0.4, 0.5) is 4.39 Å². The second kappa shape index (κ2) is 2.88. The molecule has 0 aromatic heterocycles. The number of hydrogen-bond donors (Lipinski definition) is 1. The molecule has 0 amide bonds. The fraction of sp³-hybridized carbons (Fsp3) is 0. The first kappa shape index (κ1) is 8.01. The van der Waals surface area contributed by atoms with E-state index in [4.69, 9.17) is 5.11 Å².